The van der Waals surface area contributed by atoms with Crippen molar-refractivity contribution in [2.75, 3.05) is 19.8 Å². The average molecular weight is 273 g/mol. The van der Waals surface area contributed by atoms with Crippen LogP contribution in [0.15, 0.2) is 24.3 Å². The van der Waals surface area contributed by atoms with Crippen molar-refractivity contribution in [2.45, 2.75) is 31.8 Å². The van der Waals surface area contributed by atoms with Crippen LogP contribution in [0.3, 0.4) is 0 Å². The molecule has 2 N–H and O–H groups in total. The van der Waals surface area contributed by atoms with Crippen molar-refractivity contribution in [2.24, 2.45) is 0 Å². The van der Waals surface area contributed by atoms with E-state index in [1.165, 1.54) is 0 Å². The number of aliphatic hydroxyl groups is 2. The maximum atomic E-state index is 9.63. The fourth-order valence-electron chi connectivity index (χ4n) is 1.84. The van der Waals surface area contributed by atoms with Crippen molar-refractivity contribution >= 4 is 11.6 Å². The molecular formula is C14H21ClO3. The van der Waals surface area contributed by atoms with E-state index in [9.17, 15) is 10.2 Å². The van der Waals surface area contributed by atoms with Crippen LogP contribution in [0.2, 0.25) is 5.02 Å². The number of aliphatic hydroxyl groups excluding tert-OH is 2. The van der Waals surface area contributed by atoms with Crippen LogP contribution in [-0.4, -0.2) is 36.1 Å². The van der Waals surface area contributed by atoms with Gasteiger partial charge in [0.2, 0.25) is 0 Å². The van der Waals surface area contributed by atoms with Gasteiger partial charge in [0.05, 0.1) is 19.3 Å². The molecule has 0 amide bonds. The Kier molecular flexibility index (Phi) is 6.09. The van der Waals surface area contributed by atoms with E-state index in [-0.39, 0.29) is 19.3 Å². The molecule has 0 fully saturated rings. The van der Waals surface area contributed by atoms with E-state index < -0.39 is 5.41 Å². The van der Waals surface area contributed by atoms with E-state index >= 15 is 0 Å². The number of ether oxygens (including phenoxy) is 1. The highest BCUT2D eigenvalue weighted by Crippen LogP contribution is 2.29. The SMILES string of the molecule is CC(C)OCCC(CO)(CO)c1cccc(Cl)c1. The number of rotatable bonds is 7. The highest BCUT2D eigenvalue weighted by Gasteiger charge is 2.31. The Balaban J connectivity index is 2.85. The van der Waals surface area contributed by atoms with E-state index in [2.05, 4.69) is 0 Å². The van der Waals surface area contributed by atoms with Gasteiger partial charge in [-0.2, -0.15) is 0 Å². The van der Waals surface area contributed by atoms with E-state index in [0.717, 1.165) is 5.56 Å². The maximum absolute atomic E-state index is 9.63. The van der Waals surface area contributed by atoms with E-state index in [0.29, 0.717) is 18.1 Å². The second kappa shape index (κ2) is 7.10. The molecular weight excluding hydrogens is 252 g/mol. The lowest BCUT2D eigenvalue weighted by Gasteiger charge is -2.30. The van der Waals surface area contributed by atoms with Gasteiger partial charge in [-0.1, -0.05) is 23.7 Å². The Morgan fingerprint density at radius 2 is 1.94 bits per heavy atom. The van der Waals surface area contributed by atoms with Crippen molar-refractivity contribution in [3.05, 3.63) is 34.9 Å². The summed E-state index contributed by atoms with van der Waals surface area (Å²) in [6.45, 7) is 4.14. The summed E-state index contributed by atoms with van der Waals surface area (Å²) in [7, 11) is 0. The number of hydrogen-bond donors (Lipinski definition) is 2. The quantitative estimate of drug-likeness (QED) is 0.801. The van der Waals surface area contributed by atoms with Crippen molar-refractivity contribution < 1.29 is 14.9 Å². The van der Waals surface area contributed by atoms with Gasteiger partial charge in [-0.25, -0.2) is 0 Å². The summed E-state index contributed by atoms with van der Waals surface area (Å²) >= 11 is 5.95. The van der Waals surface area contributed by atoms with Crippen LogP contribution in [-0.2, 0) is 10.2 Å². The molecule has 0 aromatic heterocycles. The van der Waals surface area contributed by atoms with Crippen LogP contribution in [0.1, 0.15) is 25.8 Å². The van der Waals surface area contributed by atoms with Crippen LogP contribution in [0.4, 0.5) is 0 Å². The molecule has 0 spiro atoms. The van der Waals surface area contributed by atoms with Gasteiger partial charge in [0.15, 0.2) is 0 Å². The highest BCUT2D eigenvalue weighted by molar-refractivity contribution is 6.30. The third-order valence-electron chi connectivity index (χ3n) is 3.07. The van der Waals surface area contributed by atoms with Gasteiger partial charge in [0, 0.05) is 17.0 Å². The predicted octanol–water partition coefficient (Wildman–Crippen LogP) is 2.38. The monoisotopic (exact) mass is 272 g/mol. The molecule has 1 aromatic carbocycles. The third kappa shape index (κ3) is 3.95. The fraction of sp³-hybridized carbons (Fsp3) is 0.571. The average Bonchev–Trinajstić information content (AvgIpc) is 2.35. The van der Waals surface area contributed by atoms with E-state index in [4.69, 9.17) is 16.3 Å². The topological polar surface area (TPSA) is 49.7 Å². The summed E-state index contributed by atoms with van der Waals surface area (Å²) in [5, 5.41) is 19.9. The lowest BCUT2D eigenvalue weighted by atomic mass is 9.79. The predicted molar refractivity (Wildman–Crippen MR) is 73.0 cm³/mol. The van der Waals surface area contributed by atoms with Gasteiger partial charge in [0.1, 0.15) is 0 Å². The first-order valence-electron chi connectivity index (χ1n) is 6.13. The zero-order valence-electron chi connectivity index (χ0n) is 10.9. The molecule has 0 aliphatic rings. The number of halogens is 1. The molecule has 18 heavy (non-hydrogen) atoms. The molecule has 0 aliphatic heterocycles. The molecule has 1 aromatic rings. The van der Waals surface area contributed by atoms with Crippen LogP contribution in [0, 0.1) is 0 Å². The van der Waals surface area contributed by atoms with Gasteiger partial charge in [-0.05, 0) is 38.0 Å². The minimum Gasteiger partial charge on any atom is -0.395 e. The summed E-state index contributed by atoms with van der Waals surface area (Å²) in [5.74, 6) is 0. The van der Waals surface area contributed by atoms with Crippen molar-refractivity contribution in [1.82, 2.24) is 0 Å². The second-order valence-corrected chi connectivity index (χ2v) is 5.21. The first-order chi connectivity index (χ1) is 8.54. The molecule has 0 saturated carbocycles. The van der Waals surface area contributed by atoms with Gasteiger partial charge >= 0.3 is 0 Å². The molecule has 0 radical (unpaired) electrons. The molecule has 0 heterocycles. The Hall–Kier alpha value is -0.610. The first-order valence-corrected chi connectivity index (χ1v) is 6.51. The minimum absolute atomic E-state index is 0.134. The van der Waals surface area contributed by atoms with Crippen LogP contribution >= 0.6 is 11.6 Å². The Morgan fingerprint density at radius 3 is 2.44 bits per heavy atom. The molecule has 1 rings (SSSR count). The van der Waals surface area contributed by atoms with E-state index in [1.807, 2.05) is 26.0 Å². The number of hydrogen-bond acceptors (Lipinski definition) is 3. The largest absolute Gasteiger partial charge is 0.395 e. The van der Waals surface area contributed by atoms with Crippen LogP contribution in [0.5, 0.6) is 0 Å². The Bertz CT molecular complexity index is 362. The molecule has 0 atom stereocenters. The lowest BCUT2D eigenvalue weighted by molar-refractivity contribution is 0.0363. The van der Waals surface area contributed by atoms with Crippen molar-refractivity contribution in [1.29, 1.82) is 0 Å². The lowest BCUT2D eigenvalue weighted by Crippen LogP contribution is -2.36. The van der Waals surface area contributed by atoms with Gasteiger partial charge in [0.25, 0.3) is 0 Å². The number of benzene rings is 1. The molecule has 0 unspecified atom stereocenters. The molecule has 102 valence electrons. The molecule has 3 nitrogen and oxygen atoms in total. The van der Waals surface area contributed by atoms with Crippen molar-refractivity contribution in [3.8, 4) is 0 Å². The highest BCUT2D eigenvalue weighted by atomic mass is 35.5. The van der Waals surface area contributed by atoms with Crippen LogP contribution in [0.25, 0.3) is 0 Å². The summed E-state index contributed by atoms with van der Waals surface area (Å²) < 4.78 is 5.50. The summed E-state index contributed by atoms with van der Waals surface area (Å²) in [4.78, 5) is 0. The minimum atomic E-state index is -0.695. The zero-order chi connectivity index (χ0) is 13.6. The van der Waals surface area contributed by atoms with Crippen LogP contribution < -0.4 is 0 Å². The zero-order valence-corrected chi connectivity index (χ0v) is 11.7. The maximum Gasteiger partial charge on any atom is 0.0550 e. The van der Waals surface area contributed by atoms with E-state index in [1.54, 1.807) is 12.1 Å². The summed E-state index contributed by atoms with van der Waals surface area (Å²) in [6.07, 6.45) is 0.692. The smallest absolute Gasteiger partial charge is 0.0550 e. The van der Waals surface area contributed by atoms with Gasteiger partial charge in [-0.3, -0.25) is 0 Å². The second-order valence-electron chi connectivity index (χ2n) is 4.78. The van der Waals surface area contributed by atoms with Crippen molar-refractivity contribution in [3.63, 3.8) is 0 Å². The Morgan fingerprint density at radius 1 is 1.28 bits per heavy atom. The fourth-order valence-corrected chi connectivity index (χ4v) is 2.03. The summed E-state index contributed by atoms with van der Waals surface area (Å²) in [5.41, 5.74) is 0.145. The third-order valence-corrected chi connectivity index (χ3v) is 3.31. The Labute approximate surface area is 113 Å². The van der Waals surface area contributed by atoms with Gasteiger partial charge in [-0.15, -0.1) is 0 Å². The summed E-state index contributed by atoms with van der Waals surface area (Å²) in [6, 6.07) is 7.24. The standard InChI is InChI=1S/C14H21ClO3/c1-11(2)18-7-6-14(9-16,10-17)12-4-3-5-13(15)8-12/h3-5,8,11,16-17H,6-7,9-10H2,1-2H3. The van der Waals surface area contributed by atoms with Gasteiger partial charge < -0.3 is 14.9 Å². The molecule has 0 saturated heterocycles. The molecule has 0 bridgehead atoms. The molecule has 4 heteroatoms. The molecule has 0 aliphatic carbocycles. The normalized spacial score (nSPS) is 12.1. The first kappa shape index (κ1) is 15.4.